The van der Waals surface area contributed by atoms with E-state index in [1.165, 1.54) is 19.3 Å². The van der Waals surface area contributed by atoms with E-state index in [-0.39, 0.29) is 17.4 Å². The maximum Gasteiger partial charge on any atom is 0.119 e. The smallest absolute Gasteiger partial charge is 0.119 e. The first-order valence-corrected chi connectivity index (χ1v) is 8.21. The van der Waals surface area contributed by atoms with Gasteiger partial charge < -0.3 is 15.6 Å². The number of nitrogens with two attached hydrogens (primary N) is 1. The molecule has 21 heavy (non-hydrogen) atoms. The third kappa shape index (κ3) is 3.78. The van der Waals surface area contributed by atoms with Crippen molar-refractivity contribution in [2.75, 3.05) is 13.2 Å². The standard InChI is InChI=1S/C18H29NO2/c1-3-21-15-9-7-14(8-10-15)16(13-19)17(20)18(2)11-5-4-6-12-18/h7-10,16-17,20H,3-6,11-13,19H2,1-2H3. The summed E-state index contributed by atoms with van der Waals surface area (Å²) in [5.41, 5.74) is 7.09. The molecule has 3 heteroatoms. The summed E-state index contributed by atoms with van der Waals surface area (Å²) in [7, 11) is 0. The van der Waals surface area contributed by atoms with E-state index in [2.05, 4.69) is 6.92 Å². The van der Waals surface area contributed by atoms with Crippen LogP contribution in [0, 0.1) is 5.41 Å². The van der Waals surface area contributed by atoms with Crippen molar-refractivity contribution < 1.29 is 9.84 Å². The van der Waals surface area contributed by atoms with E-state index in [9.17, 15) is 5.11 Å². The summed E-state index contributed by atoms with van der Waals surface area (Å²) in [6.07, 6.45) is 5.55. The largest absolute Gasteiger partial charge is 0.494 e. The number of rotatable bonds is 6. The molecule has 0 aromatic heterocycles. The SMILES string of the molecule is CCOc1ccc(C(CN)C(O)C2(C)CCCCC2)cc1. The Bertz CT molecular complexity index is 423. The Balaban J connectivity index is 2.14. The van der Waals surface area contributed by atoms with Gasteiger partial charge in [-0.25, -0.2) is 0 Å². The lowest BCUT2D eigenvalue weighted by molar-refractivity contribution is -0.00750. The van der Waals surface area contributed by atoms with Crippen LogP contribution in [0.15, 0.2) is 24.3 Å². The number of benzene rings is 1. The van der Waals surface area contributed by atoms with Gasteiger partial charge in [0.1, 0.15) is 5.75 Å². The van der Waals surface area contributed by atoms with Crippen molar-refractivity contribution in [3.63, 3.8) is 0 Å². The van der Waals surface area contributed by atoms with Gasteiger partial charge in [-0.3, -0.25) is 0 Å². The molecule has 2 unspecified atom stereocenters. The van der Waals surface area contributed by atoms with Gasteiger partial charge in [-0.05, 0) is 42.9 Å². The first-order chi connectivity index (χ1) is 10.1. The van der Waals surface area contributed by atoms with Crippen molar-refractivity contribution in [1.29, 1.82) is 0 Å². The van der Waals surface area contributed by atoms with Crippen LogP contribution in [0.3, 0.4) is 0 Å². The number of ether oxygens (including phenoxy) is 1. The molecule has 0 bridgehead atoms. The quantitative estimate of drug-likeness (QED) is 0.844. The average Bonchev–Trinajstić information content (AvgIpc) is 2.50. The monoisotopic (exact) mass is 291 g/mol. The summed E-state index contributed by atoms with van der Waals surface area (Å²) < 4.78 is 5.48. The second-order valence-corrected chi connectivity index (χ2v) is 6.50. The molecule has 0 aliphatic heterocycles. The molecule has 118 valence electrons. The highest BCUT2D eigenvalue weighted by atomic mass is 16.5. The number of hydrogen-bond donors (Lipinski definition) is 2. The van der Waals surface area contributed by atoms with Crippen LogP contribution in [0.1, 0.15) is 57.4 Å². The van der Waals surface area contributed by atoms with Crippen molar-refractivity contribution in [3.05, 3.63) is 29.8 Å². The second kappa shape index (κ2) is 7.28. The topological polar surface area (TPSA) is 55.5 Å². The lowest BCUT2D eigenvalue weighted by Crippen LogP contribution is -2.41. The Morgan fingerprint density at radius 3 is 2.33 bits per heavy atom. The molecule has 0 spiro atoms. The third-order valence-corrected chi connectivity index (χ3v) is 4.96. The molecule has 2 atom stereocenters. The summed E-state index contributed by atoms with van der Waals surface area (Å²) in [5.74, 6) is 0.874. The summed E-state index contributed by atoms with van der Waals surface area (Å²) in [5, 5.41) is 10.9. The highest BCUT2D eigenvalue weighted by molar-refractivity contribution is 5.30. The Labute approximate surface area is 128 Å². The van der Waals surface area contributed by atoms with E-state index in [4.69, 9.17) is 10.5 Å². The van der Waals surface area contributed by atoms with E-state index in [0.29, 0.717) is 13.2 Å². The minimum absolute atomic E-state index is 0.000870. The first-order valence-electron chi connectivity index (χ1n) is 8.21. The van der Waals surface area contributed by atoms with Crippen molar-refractivity contribution in [2.45, 2.75) is 58.0 Å². The van der Waals surface area contributed by atoms with Gasteiger partial charge in [0.15, 0.2) is 0 Å². The highest BCUT2D eigenvalue weighted by Gasteiger charge is 2.38. The minimum atomic E-state index is -0.374. The molecule has 1 fully saturated rings. The number of hydrogen-bond acceptors (Lipinski definition) is 3. The molecular weight excluding hydrogens is 262 g/mol. The van der Waals surface area contributed by atoms with Crippen LogP contribution < -0.4 is 10.5 Å². The molecule has 1 saturated carbocycles. The maximum absolute atomic E-state index is 10.9. The van der Waals surface area contributed by atoms with Crippen LogP contribution >= 0.6 is 0 Å². The molecule has 3 N–H and O–H groups in total. The Morgan fingerprint density at radius 1 is 1.19 bits per heavy atom. The van der Waals surface area contributed by atoms with Gasteiger partial charge in [-0.1, -0.05) is 38.3 Å². The van der Waals surface area contributed by atoms with Crippen molar-refractivity contribution in [3.8, 4) is 5.75 Å². The lowest BCUT2D eigenvalue weighted by Gasteiger charge is -2.41. The summed E-state index contributed by atoms with van der Waals surface area (Å²) in [6.45, 7) is 5.34. The van der Waals surface area contributed by atoms with Gasteiger partial charge in [0.25, 0.3) is 0 Å². The van der Waals surface area contributed by atoms with Crippen molar-refractivity contribution >= 4 is 0 Å². The molecule has 3 nitrogen and oxygen atoms in total. The van der Waals surface area contributed by atoms with Crippen LogP contribution in [0.4, 0.5) is 0 Å². The predicted molar refractivity (Wildman–Crippen MR) is 86.6 cm³/mol. The van der Waals surface area contributed by atoms with E-state index in [0.717, 1.165) is 24.2 Å². The third-order valence-electron chi connectivity index (χ3n) is 4.96. The first kappa shape index (κ1) is 16.3. The van der Waals surface area contributed by atoms with Gasteiger partial charge in [-0.15, -0.1) is 0 Å². The van der Waals surface area contributed by atoms with Crippen LogP contribution in [0.2, 0.25) is 0 Å². The molecule has 2 rings (SSSR count). The fourth-order valence-electron chi connectivity index (χ4n) is 3.57. The highest BCUT2D eigenvalue weighted by Crippen LogP contribution is 2.43. The van der Waals surface area contributed by atoms with Crippen LogP contribution in [0.25, 0.3) is 0 Å². The maximum atomic E-state index is 10.9. The van der Waals surface area contributed by atoms with Gasteiger partial charge in [-0.2, -0.15) is 0 Å². The average molecular weight is 291 g/mol. The molecular formula is C18H29NO2. The normalized spacial score (nSPS) is 20.8. The number of aliphatic hydroxyl groups is 1. The van der Waals surface area contributed by atoms with Gasteiger partial charge in [0.05, 0.1) is 12.7 Å². The zero-order valence-electron chi connectivity index (χ0n) is 13.3. The van der Waals surface area contributed by atoms with Crippen LogP contribution in [0.5, 0.6) is 5.75 Å². The van der Waals surface area contributed by atoms with Crippen LogP contribution in [-0.4, -0.2) is 24.4 Å². The number of aliphatic hydroxyl groups excluding tert-OH is 1. The van der Waals surface area contributed by atoms with Crippen LogP contribution in [-0.2, 0) is 0 Å². The fourth-order valence-corrected chi connectivity index (χ4v) is 3.57. The predicted octanol–water partition coefficient (Wildman–Crippen LogP) is 3.46. The zero-order chi connectivity index (χ0) is 15.3. The lowest BCUT2D eigenvalue weighted by atomic mass is 9.67. The molecule has 1 aliphatic carbocycles. The Kier molecular flexibility index (Phi) is 5.65. The molecule has 0 heterocycles. The van der Waals surface area contributed by atoms with E-state index < -0.39 is 0 Å². The van der Waals surface area contributed by atoms with E-state index in [1.54, 1.807) is 0 Å². The second-order valence-electron chi connectivity index (χ2n) is 6.50. The Hall–Kier alpha value is -1.06. The fraction of sp³-hybridized carbons (Fsp3) is 0.667. The Morgan fingerprint density at radius 2 is 1.81 bits per heavy atom. The molecule has 1 aliphatic rings. The molecule has 1 aromatic carbocycles. The van der Waals surface area contributed by atoms with E-state index in [1.807, 2.05) is 31.2 Å². The van der Waals surface area contributed by atoms with Gasteiger partial charge >= 0.3 is 0 Å². The molecule has 1 aromatic rings. The van der Waals surface area contributed by atoms with Gasteiger partial charge in [0.2, 0.25) is 0 Å². The molecule has 0 amide bonds. The molecule has 0 radical (unpaired) electrons. The summed E-state index contributed by atoms with van der Waals surface area (Å²) >= 11 is 0. The van der Waals surface area contributed by atoms with Gasteiger partial charge in [0, 0.05) is 12.5 Å². The van der Waals surface area contributed by atoms with Crippen molar-refractivity contribution in [2.24, 2.45) is 11.1 Å². The van der Waals surface area contributed by atoms with E-state index >= 15 is 0 Å². The molecule has 0 saturated heterocycles. The minimum Gasteiger partial charge on any atom is -0.494 e. The van der Waals surface area contributed by atoms with Crippen molar-refractivity contribution in [1.82, 2.24) is 0 Å². The summed E-state index contributed by atoms with van der Waals surface area (Å²) in [6, 6.07) is 8.02. The summed E-state index contributed by atoms with van der Waals surface area (Å²) in [4.78, 5) is 0. The zero-order valence-corrected chi connectivity index (χ0v) is 13.3.